The molecule has 1 aliphatic heterocycles. The van der Waals surface area contributed by atoms with Gasteiger partial charge < -0.3 is 39.9 Å². The Morgan fingerprint density at radius 2 is 2.02 bits per heavy atom. The van der Waals surface area contributed by atoms with Gasteiger partial charge in [0, 0.05) is 24.7 Å². The number of aromatic amines is 1. The molecule has 0 aromatic carbocycles. The van der Waals surface area contributed by atoms with E-state index in [1.54, 1.807) is 6.92 Å². The predicted molar refractivity (Wildman–Crippen MR) is 141 cm³/mol. The topological polar surface area (TPSA) is 245 Å². The van der Waals surface area contributed by atoms with Crippen molar-refractivity contribution in [3.8, 4) is 0 Å². The van der Waals surface area contributed by atoms with Gasteiger partial charge in [0.05, 0.1) is 13.2 Å². The standard InChI is InChI=1S/C21H33ClN9O8P/c1-11-17(24-12-5-3-4-6-12)25-20(22)26-18(11)31(23-2)19-16(34)15(33)13(39-19)9-38-21(10-32,40(35,36)37)8-7-14-27-29-30-28-14/h12-13,15-16,19,32-34H,2-10H2,1H3,(H,24,25,26)(H2,35,36,37)(H,27,28,29,30)/t13-,15-,16-,19-,21?/m1/s1. The van der Waals surface area contributed by atoms with Crippen molar-refractivity contribution in [3.05, 3.63) is 16.7 Å². The van der Waals surface area contributed by atoms with Crippen molar-refractivity contribution in [3.63, 3.8) is 0 Å². The Bertz CT molecular complexity index is 1200. The first-order valence-corrected chi connectivity index (χ1v) is 14.6. The monoisotopic (exact) mass is 605 g/mol. The molecule has 1 saturated carbocycles. The van der Waals surface area contributed by atoms with Crippen LogP contribution in [0.2, 0.25) is 5.28 Å². The van der Waals surface area contributed by atoms with Gasteiger partial charge in [0.1, 0.15) is 24.1 Å². The second-order valence-corrected chi connectivity index (χ2v) is 12.0. The van der Waals surface area contributed by atoms with E-state index in [9.17, 15) is 29.7 Å². The van der Waals surface area contributed by atoms with Gasteiger partial charge in [-0.25, -0.2) is 9.99 Å². The minimum Gasteiger partial charge on any atom is -0.393 e. The molecule has 3 heterocycles. The third-order valence-electron chi connectivity index (χ3n) is 7.16. The molecule has 5 atom stereocenters. The molecule has 40 heavy (non-hydrogen) atoms. The van der Waals surface area contributed by atoms with Gasteiger partial charge in [-0.3, -0.25) is 4.57 Å². The van der Waals surface area contributed by atoms with Crippen molar-refractivity contribution in [2.75, 3.05) is 23.5 Å². The zero-order valence-electron chi connectivity index (χ0n) is 21.7. The number of rotatable bonds is 13. The number of nitrogens with one attached hydrogen (secondary N) is 2. The first kappa shape index (κ1) is 30.6. The average Bonchev–Trinajstić information content (AvgIpc) is 3.67. The first-order valence-electron chi connectivity index (χ1n) is 12.6. The number of ether oxygens (including phenoxy) is 2. The molecule has 0 bridgehead atoms. The highest BCUT2D eigenvalue weighted by atomic mass is 35.5. The van der Waals surface area contributed by atoms with Crippen molar-refractivity contribution in [2.45, 2.75) is 81.4 Å². The number of halogens is 1. The SMILES string of the molecule is C=NN(c1nc(Cl)nc(NC2CCCC2)c1C)[C@@H]1O[C@H](COC(CO)(CCc2nn[nH]n2)P(=O)(O)O)[C@@H](O)[C@H]1O. The highest BCUT2D eigenvalue weighted by Crippen LogP contribution is 2.53. The Kier molecular flexibility index (Phi) is 9.70. The Morgan fingerprint density at radius 1 is 1.30 bits per heavy atom. The summed E-state index contributed by atoms with van der Waals surface area (Å²) < 4.78 is 23.7. The number of aliphatic hydroxyl groups excluding tert-OH is 3. The van der Waals surface area contributed by atoms with Crippen molar-refractivity contribution in [2.24, 2.45) is 5.10 Å². The summed E-state index contributed by atoms with van der Waals surface area (Å²) in [7, 11) is -5.07. The molecule has 4 rings (SSSR count). The van der Waals surface area contributed by atoms with E-state index < -0.39 is 50.7 Å². The van der Waals surface area contributed by atoms with Crippen LogP contribution in [0.1, 0.15) is 43.5 Å². The maximum Gasteiger partial charge on any atom is 0.359 e. The van der Waals surface area contributed by atoms with Gasteiger partial charge in [-0.2, -0.15) is 15.3 Å². The maximum absolute atomic E-state index is 12.4. The quantitative estimate of drug-likeness (QED) is 0.0669. The maximum atomic E-state index is 12.4. The molecular weight excluding hydrogens is 573 g/mol. The summed E-state index contributed by atoms with van der Waals surface area (Å²) >= 11 is 6.20. The van der Waals surface area contributed by atoms with E-state index in [4.69, 9.17) is 21.1 Å². The van der Waals surface area contributed by atoms with Crippen molar-refractivity contribution >= 4 is 37.5 Å². The molecule has 1 saturated heterocycles. The molecule has 2 fully saturated rings. The number of nitrogens with zero attached hydrogens (tertiary/aromatic N) is 7. The first-order chi connectivity index (χ1) is 19.0. The highest BCUT2D eigenvalue weighted by molar-refractivity contribution is 7.53. The number of aryl methyl sites for hydroxylation is 1. The lowest BCUT2D eigenvalue weighted by atomic mass is 10.1. The smallest absolute Gasteiger partial charge is 0.359 e. The normalized spacial score (nSPS) is 25.2. The number of hydrazone groups is 1. The number of aromatic nitrogens is 6. The van der Waals surface area contributed by atoms with E-state index in [2.05, 4.69) is 47.7 Å². The molecule has 0 radical (unpaired) electrons. The summed E-state index contributed by atoms with van der Waals surface area (Å²) in [6.07, 6.45) is -2.01. The summed E-state index contributed by atoms with van der Waals surface area (Å²) in [5.41, 5.74) is 0.552. The molecule has 2 aliphatic rings. The van der Waals surface area contributed by atoms with E-state index >= 15 is 0 Å². The van der Waals surface area contributed by atoms with Crippen LogP contribution in [-0.4, -0.2) is 112 Å². The highest BCUT2D eigenvalue weighted by Gasteiger charge is 2.51. The second kappa shape index (κ2) is 12.7. The fraction of sp³-hybridized carbons (Fsp3) is 0.714. The van der Waals surface area contributed by atoms with E-state index in [1.165, 1.54) is 0 Å². The molecule has 19 heteroatoms. The molecule has 0 amide bonds. The van der Waals surface area contributed by atoms with E-state index in [0.29, 0.717) is 11.4 Å². The second-order valence-electron chi connectivity index (χ2n) is 9.74. The van der Waals surface area contributed by atoms with Crippen molar-refractivity contribution in [1.82, 2.24) is 30.6 Å². The lowest BCUT2D eigenvalue weighted by Gasteiger charge is -2.33. The van der Waals surface area contributed by atoms with Gasteiger partial charge in [0.25, 0.3) is 0 Å². The van der Waals surface area contributed by atoms with Crippen LogP contribution in [0.3, 0.4) is 0 Å². The van der Waals surface area contributed by atoms with Gasteiger partial charge in [-0.1, -0.05) is 18.1 Å². The van der Waals surface area contributed by atoms with Crippen LogP contribution in [0.25, 0.3) is 0 Å². The number of H-pyrrole nitrogens is 1. The number of hydrogen-bond donors (Lipinski definition) is 7. The minimum atomic E-state index is -5.07. The van der Waals surface area contributed by atoms with E-state index in [0.717, 1.165) is 30.7 Å². The zero-order valence-corrected chi connectivity index (χ0v) is 23.3. The largest absolute Gasteiger partial charge is 0.393 e. The van der Waals surface area contributed by atoms with Gasteiger partial charge in [-0.05, 0) is 37.8 Å². The lowest BCUT2D eigenvalue weighted by Crippen LogP contribution is -2.43. The molecule has 1 aliphatic carbocycles. The molecule has 0 spiro atoms. The van der Waals surface area contributed by atoms with Crippen LogP contribution in [0.15, 0.2) is 5.10 Å². The molecule has 7 N–H and O–H groups in total. The molecular formula is C21H33ClN9O8P. The molecule has 222 valence electrons. The van der Waals surface area contributed by atoms with Gasteiger partial charge in [0.2, 0.25) is 5.28 Å². The lowest BCUT2D eigenvalue weighted by molar-refractivity contribution is -0.102. The fourth-order valence-electron chi connectivity index (χ4n) is 4.79. The summed E-state index contributed by atoms with van der Waals surface area (Å²) in [5, 5.41) is 50.6. The number of tetrazole rings is 1. The summed E-state index contributed by atoms with van der Waals surface area (Å²) in [5.74, 6) is 0.809. The third kappa shape index (κ3) is 6.42. The van der Waals surface area contributed by atoms with Crippen LogP contribution in [0.4, 0.5) is 11.6 Å². The number of hydrogen-bond acceptors (Lipinski definition) is 14. The zero-order chi connectivity index (χ0) is 29.1. The van der Waals surface area contributed by atoms with Crippen LogP contribution >= 0.6 is 19.2 Å². The number of aliphatic hydroxyl groups is 3. The summed E-state index contributed by atoms with van der Waals surface area (Å²) in [6, 6.07) is 0.222. The Hall–Kier alpha value is -2.34. The average molecular weight is 606 g/mol. The molecule has 1 unspecified atom stereocenters. The molecule has 2 aromatic heterocycles. The Labute approximate surface area is 234 Å². The predicted octanol–water partition coefficient (Wildman–Crippen LogP) is -0.310. The fourth-order valence-corrected chi connectivity index (χ4v) is 5.79. The molecule has 2 aromatic rings. The van der Waals surface area contributed by atoms with Crippen LogP contribution < -0.4 is 10.3 Å². The summed E-state index contributed by atoms with van der Waals surface area (Å²) in [6.45, 7) is 3.62. The van der Waals surface area contributed by atoms with E-state index in [1.807, 2.05) is 0 Å². The van der Waals surface area contributed by atoms with Crippen LogP contribution in [0, 0.1) is 6.92 Å². The third-order valence-corrected chi connectivity index (χ3v) is 8.88. The Balaban J connectivity index is 1.51. The Morgan fingerprint density at radius 3 is 2.62 bits per heavy atom. The molecule has 17 nitrogen and oxygen atoms in total. The number of anilines is 2. The van der Waals surface area contributed by atoms with Crippen molar-refractivity contribution < 1.29 is 39.1 Å². The van der Waals surface area contributed by atoms with Gasteiger partial charge in [-0.15, -0.1) is 10.2 Å². The van der Waals surface area contributed by atoms with Gasteiger partial charge >= 0.3 is 7.60 Å². The minimum absolute atomic E-state index is 0.0827. The van der Waals surface area contributed by atoms with Crippen LogP contribution in [0.5, 0.6) is 0 Å². The van der Waals surface area contributed by atoms with E-state index in [-0.39, 0.29) is 35.8 Å². The van der Waals surface area contributed by atoms with Crippen LogP contribution in [-0.2, 0) is 20.5 Å². The van der Waals surface area contributed by atoms with Gasteiger partial charge in [0.15, 0.2) is 23.2 Å². The summed E-state index contributed by atoms with van der Waals surface area (Å²) in [4.78, 5) is 28.5. The van der Waals surface area contributed by atoms with Crippen molar-refractivity contribution in [1.29, 1.82) is 0 Å².